The van der Waals surface area contributed by atoms with Crippen molar-refractivity contribution in [3.63, 3.8) is 0 Å². The van der Waals surface area contributed by atoms with Crippen LogP contribution in [0.15, 0.2) is 55.6 Å². The third kappa shape index (κ3) is 3.84. The zero-order valence-corrected chi connectivity index (χ0v) is 10.3. The Morgan fingerprint density at radius 3 is 2.18 bits per heavy atom. The Hall–Kier alpha value is -1.38. The van der Waals surface area contributed by atoms with E-state index in [1.54, 1.807) is 12.2 Å². The molecule has 2 nitrogen and oxygen atoms in total. The number of aliphatic hydroxyl groups is 1. The predicted molar refractivity (Wildman–Crippen MR) is 71.4 cm³/mol. The van der Waals surface area contributed by atoms with Crippen LogP contribution in [-0.4, -0.2) is 16.7 Å². The van der Waals surface area contributed by atoms with Crippen molar-refractivity contribution in [1.82, 2.24) is 0 Å². The van der Waals surface area contributed by atoms with E-state index in [9.17, 15) is 5.11 Å². The maximum Gasteiger partial charge on any atom is 0.123 e. The number of hydrogen-bond acceptors (Lipinski definition) is 1. The third-order valence-electron chi connectivity index (χ3n) is 3.08. The molecule has 0 amide bonds. The van der Waals surface area contributed by atoms with Gasteiger partial charge in [0.15, 0.2) is 0 Å². The molecule has 1 aromatic rings. The van der Waals surface area contributed by atoms with Gasteiger partial charge < -0.3 is 10.8 Å². The number of quaternary nitrogens is 1. The highest BCUT2D eigenvalue weighted by molar-refractivity contribution is 5.16. The summed E-state index contributed by atoms with van der Waals surface area (Å²) in [6.07, 6.45) is 5.33. The lowest BCUT2D eigenvalue weighted by Crippen LogP contribution is -2.72. The lowest BCUT2D eigenvalue weighted by atomic mass is 9.84. The highest BCUT2D eigenvalue weighted by Gasteiger charge is 2.34. The third-order valence-corrected chi connectivity index (χ3v) is 3.08. The molecule has 0 aliphatic rings. The van der Waals surface area contributed by atoms with Crippen LogP contribution in [-0.2, 0) is 6.42 Å². The van der Waals surface area contributed by atoms with Crippen molar-refractivity contribution in [1.29, 1.82) is 0 Å². The molecule has 0 bridgehead atoms. The van der Waals surface area contributed by atoms with Gasteiger partial charge in [0.05, 0.1) is 0 Å². The normalized spacial score (nSPS) is 13.1. The summed E-state index contributed by atoms with van der Waals surface area (Å²) in [5.74, 6) is 0. The van der Waals surface area contributed by atoms with E-state index >= 15 is 0 Å². The lowest BCUT2D eigenvalue weighted by Gasteiger charge is -2.29. The number of benzene rings is 1. The van der Waals surface area contributed by atoms with Crippen LogP contribution in [0.4, 0.5) is 0 Å². The largest absolute Gasteiger partial charge is 0.383 e. The molecule has 2 heteroatoms. The summed E-state index contributed by atoms with van der Waals surface area (Å²) in [6, 6.07) is 10.0. The van der Waals surface area contributed by atoms with E-state index in [-0.39, 0.29) is 6.04 Å². The summed E-state index contributed by atoms with van der Waals surface area (Å²) in [4.78, 5) is 0. The maximum absolute atomic E-state index is 10.5. The molecular formula is C15H22NO+. The van der Waals surface area contributed by atoms with Gasteiger partial charge in [-0.1, -0.05) is 42.5 Å². The van der Waals surface area contributed by atoms with Crippen LogP contribution in [0.25, 0.3) is 0 Å². The van der Waals surface area contributed by atoms with Crippen LogP contribution in [0, 0.1) is 0 Å². The average molecular weight is 232 g/mol. The van der Waals surface area contributed by atoms with Crippen LogP contribution >= 0.6 is 0 Å². The van der Waals surface area contributed by atoms with E-state index < -0.39 is 5.60 Å². The molecule has 0 aromatic heterocycles. The number of hydrogen-bond donors (Lipinski definition) is 2. The molecule has 1 rings (SSSR count). The predicted octanol–water partition coefficient (Wildman–Crippen LogP) is 1.72. The second-order valence-corrected chi connectivity index (χ2v) is 4.48. The fourth-order valence-electron chi connectivity index (χ4n) is 2.01. The fraction of sp³-hybridized carbons (Fsp3) is 0.333. The Morgan fingerprint density at radius 1 is 1.18 bits per heavy atom. The molecule has 4 N–H and O–H groups in total. The Morgan fingerprint density at radius 2 is 1.71 bits per heavy atom. The molecule has 0 heterocycles. The van der Waals surface area contributed by atoms with Crippen molar-refractivity contribution in [2.24, 2.45) is 0 Å². The molecule has 0 aliphatic carbocycles. The van der Waals surface area contributed by atoms with Gasteiger partial charge in [0.25, 0.3) is 0 Å². The Labute approximate surface area is 103 Å². The summed E-state index contributed by atoms with van der Waals surface area (Å²) in [5.41, 5.74) is 4.46. The summed E-state index contributed by atoms with van der Waals surface area (Å²) in [7, 11) is 0. The molecule has 17 heavy (non-hydrogen) atoms. The minimum absolute atomic E-state index is 0.0686. The van der Waals surface area contributed by atoms with Gasteiger partial charge in [-0.05, 0) is 18.4 Å². The minimum Gasteiger partial charge on any atom is -0.383 e. The zero-order valence-electron chi connectivity index (χ0n) is 10.3. The lowest BCUT2D eigenvalue weighted by molar-refractivity contribution is -0.453. The van der Waals surface area contributed by atoms with Gasteiger partial charge in [-0.15, -0.1) is 13.2 Å². The Kier molecular flexibility index (Phi) is 5.13. The van der Waals surface area contributed by atoms with Crippen LogP contribution in [0.1, 0.15) is 18.4 Å². The molecule has 0 saturated carbocycles. The van der Waals surface area contributed by atoms with E-state index in [1.165, 1.54) is 5.56 Å². The monoisotopic (exact) mass is 232 g/mol. The van der Waals surface area contributed by atoms with Crippen LogP contribution < -0.4 is 5.73 Å². The van der Waals surface area contributed by atoms with Crippen molar-refractivity contribution in [3.05, 3.63) is 61.2 Å². The second kappa shape index (κ2) is 6.38. The fourth-order valence-corrected chi connectivity index (χ4v) is 2.01. The topological polar surface area (TPSA) is 47.9 Å². The summed E-state index contributed by atoms with van der Waals surface area (Å²) in [6.45, 7) is 7.39. The minimum atomic E-state index is -0.834. The van der Waals surface area contributed by atoms with Gasteiger partial charge in [0, 0.05) is 6.42 Å². The van der Waals surface area contributed by atoms with E-state index in [2.05, 4.69) is 31.0 Å². The van der Waals surface area contributed by atoms with Crippen LogP contribution in [0.5, 0.6) is 0 Å². The second-order valence-electron chi connectivity index (χ2n) is 4.48. The first-order chi connectivity index (χ1) is 8.12. The summed E-state index contributed by atoms with van der Waals surface area (Å²) < 4.78 is 0. The molecule has 0 fully saturated rings. The van der Waals surface area contributed by atoms with Gasteiger partial charge in [-0.3, -0.25) is 0 Å². The van der Waals surface area contributed by atoms with Crippen molar-refractivity contribution < 1.29 is 10.8 Å². The van der Waals surface area contributed by atoms with Gasteiger partial charge in [0.2, 0.25) is 0 Å². The smallest absolute Gasteiger partial charge is 0.123 e. The Bertz CT molecular complexity index is 348. The molecule has 92 valence electrons. The van der Waals surface area contributed by atoms with Gasteiger partial charge >= 0.3 is 0 Å². The highest BCUT2D eigenvalue weighted by atomic mass is 16.3. The van der Waals surface area contributed by atoms with E-state index in [1.807, 2.05) is 18.2 Å². The van der Waals surface area contributed by atoms with Crippen molar-refractivity contribution in [2.45, 2.75) is 30.9 Å². The number of rotatable bonds is 7. The first-order valence-corrected chi connectivity index (χ1v) is 5.93. The van der Waals surface area contributed by atoms with Crippen LogP contribution in [0.2, 0.25) is 0 Å². The summed E-state index contributed by atoms with van der Waals surface area (Å²) >= 11 is 0. The van der Waals surface area contributed by atoms with Gasteiger partial charge in [-0.2, -0.15) is 0 Å². The maximum atomic E-state index is 10.5. The molecule has 0 radical (unpaired) electrons. The SMILES string of the molecule is C=CCC(O)(CC=C)[C@H]([NH3+])Cc1ccccc1. The first-order valence-electron chi connectivity index (χ1n) is 5.93. The molecule has 0 aliphatic heterocycles. The quantitative estimate of drug-likeness (QED) is 0.691. The van der Waals surface area contributed by atoms with Gasteiger partial charge in [0.1, 0.15) is 11.6 Å². The van der Waals surface area contributed by atoms with Crippen molar-refractivity contribution in [2.75, 3.05) is 0 Å². The molecular weight excluding hydrogens is 210 g/mol. The average Bonchev–Trinajstić information content (AvgIpc) is 2.31. The van der Waals surface area contributed by atoms with E-state index in [0.29, 0.717) is 12.8 Å². The van der Waals surface area contributed by atoms with Gasteiger partial charge in [-0.25, -0.2) is 0 Å². The molecule has 0 unspecified atom stereocenters. The highest BCUT2D eigenvalue weighted by Crippen LogP contribution is 2.21. The summed E-state index contributed by atoms with van der Waals surface area (Å²) in [5, 5.41) is 10.5. The molecule has 1 aromatic carbocycles. The van der Waals surface area contributed by atoms with E-state index in [4.69, 9.17) is 0 Å². The zero-order chi connectivity index (χ0) is 12.7. The van der Waals surface area contributed by atoms with E-state index in [0.717, 1.165) is 6.42 Å². The molecule has 1 atom stereocenters. The first kappa shape index (κ1) is 13.7. The molecule has 0 spiro atoms. The molecule has 0 saturated heterocycles. The Balaban J connectivity index is 2.74. The van der Waals surface area contributed by atoms with Crippen LogP contribution in [0.3, 0.4) is 0 Å². The standard InChI is InChI=1S/C15H21NO/c1-3-10-15(17,11-4-2)14(16)12-13-8-6-5-7-9-13/h3-9,14,17H,1-2,10-12,16H2/p+1/t14-/m1/s1. The van der Waals surface area contributed by atoms with Crippen molar-refractivity contribution in [3.8, 4) is 0 Å². The van der Waals surface area contributed by atoms with Crippen molar-refractivity contribution >= 4 is 0 Å².